The quantitative estimate of drug-likeness (QED) is 0.0257. The predicted molar refractivity (Wildman–Crippen MR) is 241 cm³/mol. The molecule has 0 saturated carbocycles. The zero-order valence-corrected chi connectivity index (χ0v) is 39.9. The van der Waals surface area contributed by atoms with Gasteiger partial charge in [-0.3, -0.25) is 19.0 Å². The molecule has 0 saturated heterocycles. The third-order valence-corrected chi connectivity index (χ3v) is 11.0. The van der Waals surface area contributed by atoms with Crippen LogP contribution in [0.2, 0.25) is 0 Å². The molecule has 18 nitrogen and oxygen atoms in total. The number of para-hydroxylation sites is 4. The Kier molecular flexibility index (Phi) is 20.3. The molecule has 22 heteroatoms. The topological polar surface area (TPSA) is 281 Å². The number of phenolic OH excluding ortho intramolecular Hbond substituents is 2. The van der Waals surface area contributed by atoms with Gasteiger partial charge in [0, 0.05) is 39.5 Å². The Morgan fingerprint density at radius 1 is 0.470 bits per heavy atom. The van der Waals surface area contributed by atoms with Gasteiger partial charge in [-0.1, -0.05) is 72.8 Å². The molecule has 6 aromatic rings. The minimum absolute atomic E-state index is 0. The van der Waals surface area contributed by atoms with Crippen LogP contribution in [0.25, 0.3) is 0 Å². The van der Waals surface area contributed by atoms with Gasteiger partial charge in [-0.25, -0.2) is 16.8 Å². The first-order valence-electron chi connectivity index (χ1n) is 18.7. The van der Waals surface area contributed by atoms with Gasteiger partial charge >= 0.3 is 29.6 Å². The molecule has 0 aliphatic carbocycles. The number of carbonyl (C=O) groups excluding carboxylic acids is 2. The van der Waals surface area contributed by atoms with Crippen LogP contribution in [0.4, 0.5) is 34.1 Å². The van der Waals surface area contributed by atoms with Crippen LogP contribution in [0.5, 0.6) is 11.5 Å². The fourth-order valence-corrected chi connectivity index (χ4v) is 7.29. The summed E-state index contributed by atoms with van der Waals surface area (Å²) in [6, 6.07) is 40.5. The number of phenols is 2. The number of aromatic hydroxyl groups is 2. The van der Waals surface area contributed by atoms with E-state index in [2.05, 4.69) is 40.5 Å². The first-order chi connectivity index (χ1) is 30.5. The molecule has 6 rings (SSSR count). The number of amides is 2. The zero-order valence-electron chi connectivity index (χ0n) is 35.2. The number of nitrogens with one attached hydrogen (secondary N) is 4. The maximum atomic E-state index is 12.6. The minimum Gasteiger partial charge on any atom is -0.510 e. The van der Waals surface area contributed by atoms with Crippen molar-refractivity contribution in [1.29, 1.82) is 0 Å². The molecule has 0 heterocycles. The van der Waals surface area contributed by atoms with Gasteiger partial charge in [-0.2, -0.15) is 0 Å². The number of hydrogen-bond donors (Lipinski definition) is 8. The van der Waals surface area contributed by atoms with Gasteiger partial charge in [0.15, 0.2) is 11.4 Å². The summed E-state index contributed by atoms with van der Waals surface area (Å²) in [4.78, 5) is 24.5. The van der Waals surface area contributed by atoms with Crippen molar-refractivity contribution in [2.24, 2.45) is 20.5 Å². The molecule has 66 heavy (non-hydrogen) atoms. The molecule has 0 atom stereocenters. The zero-order chi connectivity index (χ0) is 46.3. The summed E-state index contributed by atoms with van der Waals surface area (Å²) in [6.07, 6.45) is 0. The standard InChI is InChI=1S/2C22H20N4O5S.Co.Na/c2*1-15(27)21(22(29)23-16-8-4-2-5-9-16)25-24-19-14-18(12-13-20(19)28)32(30,31)26-17-10-6-3-7-11-17;;/h2*2-14,26-28H,1H3,(H,23,29);;/q;;;+1. The molecule has 0 spiro atoms. The predicted octanol–water partition coefficient (Wildman–Crippen LogP) is 6.41. The van der Waals surface area contributed by atoms with Crippen molar-refractivity contribution in [2.45, 2.75) is 23.6 Å². The molecular weight excluding hydrogens is 947 g/mol. The van der Waals surface area contributed by atoms with Crippen LogP contribution in [0, 0.1) is 0 Å². The van der Waals surface area contributed by atoms with E-state index in [1.165, 1.54) is 26.0 Å². The molecule has 0 unspecified atom stereocenters. The van der Waals surface area contributed by atoms with Gasteiger partial charge in [0.1, 0.15) is 34.4 Å². The number of sulfonamides is 2. The Bertz CT molecular complexity index is 2760. The Morgan fingerprint density at radius 3 is 1.05 bits per heavy atom. The SMILES string of the molecule is CC(O)=C(N=Nc1cc(S(=O)(=O)Nc2ccccc2)ccc1O)C(=O)Nc1ccccc1.CC(O)=C(N=Nc1cc(S(=O)(=O)Nc2ccccc2)ccc1O)C(=O)Nc1ccccc1.[Co].[Na+]. The number of benzene rings is 6. The average Bonchev–Trinajstić information content (AvgIpc) is 3.26. The number of aliphatic hydroxyl groups is 2. The first kappa shape index (κ1) is 53.5. The van der Waals surface area contributed by atoms with Crippen LogP contribution >= 0.6 is 0 Å². The molecule has 6 aromatic carbocycles. The second-order valence-electron chi connectivity index (χ2n) is 13.2. The van der Waals surface area contributed by atoms with Gasteiger partial charge in [0.25, 0.3) is 31.9 Å². The molecule has 0 aromatic heterocycles. The van der Waals surface area contributed by atoms with Crippen molar-refractivity contribution in [3.8, 4) is 11.5 Å². The number of rotatable bonds is 14. The molecular formula is C44H40CoN8NaO10S2+. The van der Waals surface area contributed by atoms with Gasteiger partial charge in [0.05, 0.1) is 9.79 Å². The normalized spacial score (nSPS) is 11.9. The van der Waals surface area contributed by atoms with Crippen molar-refractivity contribution in [3.05, 3.63) is 181 Å². The smallest absolute Gasteiger partial charge is 0.510 e. The fourth-order valence-electron chi connectivity index (χ4n) is 5.14. The van der Waals surface area contributed by atoms with Crippen LogP contribution in [-0.4, -0.2) is 49.1 Å². The second-order valence-corrected chi connectivity index (χ2v) is 16.5. The molecule has 337 valence electrons. The summed E-state index contributed by atoms with van der Waals surface area (Å²) < 4.78 is 55.4. The number of aliphatic hydroxyl groups excluding tert-OH is 2. The maximum Gasteiger partial charge on any atom is 1.00 e. The number of anilines is 4. The van der Waals surface area contributed by atoms with E-state index in [1.807, 2.05) is 0 Å². The third-order valence-electron chi connectivity index (χ3n) is 8.26. The first-order valence-corrected chi connectivity index (χ1v) is 21.7. The Balaban J connectivity index is 0.000000340. The van der Waals surface area contributed by atoms with Crippen LogP contribution in [-0.2, 0) is 46.4 Å². The summed E-state index contributed by atoms with van der Waals surface area (Å²) in [5.41, 5.74) is 0.487. The van der Waals surface area contributed by atoms with Crippen molar-refractivity contribution in [3.63, 3.8) is 0 Å². The Hall–Kier alpha value is -6.85. The van der Waals surface area contributed by atoms with E-state index in [0.29, 0.717) is 22.7 Å². The van der Waals surface area contributed by atoms with Gasteiger partial charge in [0.2, 0.25) is 0 Å². The minimum atomic E-state index is -3.97. The Morgan fingerprint density at radius 2 is 0.758 bits per heavy atom. The number of allylic oxidation sites excluding steroid dienone is 2. The van der Waals surface area contributed by atoms with Gasteiger partial charge in [-0.15, -0.1) is 20.5 Å². The van der Waals surface area contributed by atoms with E-state index < -0.39 is 54.8 Å². The van der Waals surface area contributed by atoms with Crippen LogP contribution in [0.15, 0.2) is 211 Å². The largest absolute Gasteiger partial charge is 1.00 e. The summed E-state index contributed by atoms with van der Waals surface area (Å²) in [5, 5.41) is 60.0. The van der Waals surface area contributed by atoms with Crippen LogP contribution in [0.1, 0.15) is 13.8 Å². The molecule has 8 N–H and O–H groups in total. The monoisotopic (exact) mass is 986 g/mol. The summed E-state index contributed by atoms with van der Waals surface area (Å²) in [6.45, 7) is 2.51. The Labute approximate surface area is 412 Å². The van der Waals surface area contributed by atoms with E-state index in [9.17, 15) is 46.9 Å². The average molecular weight is 987 g/mol. The van der Waals surface area contributed by atoms with Crippen LogP contribution < -0.4 is 49.6 Å². The second kappa shape index (κ2) is 25.0. The molecule has 0 bridgehead atoms. The number of carbonyl (C=O) groups is 2. The summed E-state index contributed by atoms with van der Waals surface area (Å²) >= 11 is 0. The van der Waals surface area contributed by atoms with E-state index in [0.717, 1.165) is 24.3 Å². The summed E-state index contributed by atoms with van der Waals surface area (Å²) in [5.74, 6) is -2.98. The molecule has 0 aliphatic heterocycles. The van der Waals surface area contributed by atoms with Crippen molar-refractivity contribution >= 4 is 66.0 Å². The third kappa shape index (κ3) is 15.7. The van der Waals surface area contributed by atoms with Gasteiger partial charge in [-0.05, 0) is 98.8 Å². The van der Waals surface area contributed by atoms with Crippen molar-refractivity contribution < 1.29 is 93.2 Å². The molecule has 2 amide bonds. The molecule has 0 aliphatic rings. The van der Waals surface area contributed by atoms with E-state index in [-0.39, 0.29) is 79.0 Å². The van der Waals surface area contributed by atoms with Crippen molar-refractivity contribution in [2.75, 3.05) is 20.1 Å². The number of hydrogen-bond acceptors (Lipinski definition) is 14. The van der Waals surface area contributed by atoms with Crippen molar-refractivity contribution in [1.82, 2.24) is 0 Å². The number of nitrogens with zero attached hydrogens (tertiary/aromatic N) is 4. The fraction of sp³-hybridized carbons (Fsp3) is 0.0455. The van der Waals surface area contributed by atoms with E-state index >= 15 is 0 Å². The molecule has 0 fully saturated rings. The number of azo groups is 2. The molecule has 1 radical (unpaired) electrons. The van der Waals surface area contributed by atoms with Crippen LogP contribution in [0.3, 0.4) is 0 Å². The van der Waals surface area contributed by atoms with E-state index in [1.54, 1.807) is 121 Å². The van der Waals surface area contributed by atoms with E-state index in [4.69, 9.17) is 0 Å². The van der Waals surface area contributed by atoms with Gasteiger partial charge < -0.3 is 31.1 Å². The maximum absolute atomic E-state index is 12.6. The summed E-state index contributed by atoms with van der Waals surface area (Å²) in [7, 11) is -7.94.